The maximum atomic E-state index is 13.2. The molecule has 0 fully saturated rings. The van der Waals surface area contributed by atoms with Gasteiger partial charge in [-0.1, -0.05) is 25.7 Å². The molecule has 1 aliphatic rings. The Morgan fingerprint density at radius 3 is 1.87 bits per heavy atom. The Bertz CT molecular complexity index is 1260. The van der Waals surface area contributed by atoms with Crippen LogP contribution in [0.25, 0.3) is 0 Å². The Morgan fingerprint density at radius 2 is 1.34 bits per heavy atom. The van der Waals surface area contributed by atoms with Crippen LogP contribution < -0.4 is 10.0 Å². The fourth-order valence-electron chi connectivity index (χ4n) is 4.55. The Hall–Kier alpha value is -4.63. The number of carbonyl (C=O) groups excluding carboxylic acids is 3. The van der Waals surface area contributed by atoms with E-state index in [9.17, 15) is 24.9 Å². The molecule has 1 atom stereocenters. The molecule has 0 saturated carbocycles. The molecule has 196 valence electrons. The van der Waals surface area contributed by atoms with Crippen molar-refractivity contribution >= 4 is 29.6 Å². The summed E-state index contributed by atoms with van der Waals surface area (Å²) in [4.78, 5) is 36.9. The Kier molecular flexibility index (Phi) is 10.0. The summed E-state index contributed by atoms with van der Waals surface area (Å²) < 4.78 is 10.2. The number of esters is 2. The number of aldehydes is 1. The summed E-state index contributed by atoms with van der Waals surface area (Å²) in [5, 5.41) is 22.0. The van der Waals surface area contributed by atoms with E-state index in [2.05, 4.69) is 12.1 Å². The predicted molar refractivity (Wildman–Crippen MR) is 141 cm³/mol. The van der Waals surface area contributed by atoms with Crippen LogP contribution in [0, 0.1) is 22.7 Å². The highest BCUT2D eigenvalue weighted by Crippen LogP contribution is 2.41. The van der Waals surface area contributed by atoms with Crippen molar-refractivity contribution in [3.05, 3.63) is 70.9 Å². The number of nitrogens with zero attached hydrogens (tertiary/aromatic N) is 4. The molecule has 9 heteroatoms. The largest absolute Gasteiger partial charge is 0.466 e. The molecular formula is C29H30N4O5. The minimum absolute atomic E-state index is 0.0319. The molecule has 9 nitrogen and oxygen atoms in total. The monoisotopic (exact) mass is 514 g/mol. The normalized spacial score (nSPS) is 14.6. The first-order valence-electron chi connectivity index (χ1n) is 12.4. The van der Waals surface area contributed by atoms with Gasteiger partial charge in [0, 0.05) is 6.42 Å². The summed E-state index contributed by atoms with van der Waals surface area (Å²) >= 11 is 0. The molecule has 3 rings (SSSR count). The topological polar surface area (TPSA) is 124 Å². The third-order valence-electron chi connectivity index (χ3n) is 6.40. The summed E-state index contributed by atoms with van der Waals surface area (Å²) in [5.41, 5.74) is 2.33. The third-order valence-corrected chi connectivity index (χ3v) is 6.40. The van der Waals surface area contributed by atoms with Crippen molar-refractivity contribution in [2.45, 2.75) is 51.0 Å². The summed E-state index contributed by atoms with van der Waals surface area (Å²) in [6.07, 6.45) is 6.37. The standard InChI is InChI=1S/C29H30N4O5/c1-37-28(35)26-25(9-7-5-3-4-6-8-18-34)32(23-14-10-21(19-30)11-15-23)33(27(26)29(36)38-2)24-16-12-22(20-31)13-17-24/h10-18,25H,3-9H2,1-2H3. The van der Waals surface area contributed by atoms with Gasteiger partial charge in [0.15, 0.2) is 5.70 Å². The number of nitriles is 2. The van der Waals surface area contributed by atoms with Crippen molar-refractivity contribution in [3.8, 4) is 12.1 Å². The van der Waals surface area contributed by atoms with Gasteiger partial charge in [-0.25, -0.2) is 14.6 Å². The Balaban J connectivity index is 2.10. The highest BCUT2D eigenvalue weighted by Gasteiger charge is 2.46. The number of unbranched alkanes of at least 4 members (excludes halogenated alkanes) is 5. The minimum atomic E-state index is -0.704. The van der Waals surface area contributed by atoms with E-state index in [0.717, 1.165) is 38.4 Å². The van der Waals surface area contributed by atoms with E-state index >= 15 is 0 Å². The minimum Gasteiger partial charge on any atom is -0.466 e. The Labute approximate surface area is 222 Å². The number of benzene rings is 2. The van der Waals surface area contributed by atoms with Crippen LogP contribution in [0.5, 0.6) is 0 Å². The molecule has 0 aromatic heterocycles. The quantitative estimate of drug-likeness (QED) is 0.228. The van der Waals surface area contributed by atoms with Gasteiger partial charge in [0.2, 0.25) is 0 Å². The second-order valence-electron chi connectivity index (χ2n) is 8.75. The van der Waals surface area contributed by atoms with Crippen molar-refractivity contribution < 1.29 is 23.9 Å². The van der Waals surface area contributed by atoms with Crippen LogP contribution in [0.3, 0.4) is 0 Å². The zero-order chi connectivity index (χ0) is 27.5. The van der Waals surface area contributed by atoms with E-state index in [4.69, 9.17) is 9.47 Å². The second-order valence-corrected chi connectivity index (χ2v) is 8.75. The van der Waals surface area contributed by atoms with Crippen LogP contribution in [0.1, 0.15) is 56.1 Å². The maximum absolute atomic E-state index is 13.2. The number of rotatable bonds is 12. The van der Waals surface area contributed by atoms with Crippen LogP contribution in [0.2, 0.25) is 0 Å². The maximum Gasteiger partial charge on any atom is 0.357 e. The molecule has 0 radical (unpaired) electrons. The van der Waals surface area contributed by atoms with Gasteiger partial charge in [-0.15, -0.1) is 0 Å². The smallest absolute Gasteiger partial charge is 0.357 e. The lowest BCUT2D eigenvalue weighted by molar-refractivity contribution is -0.139. The van der Waals surface area contributed by atoms with E-state index in [-0.39, 0.29) is 11.3 Å². The van der Waals surface area contributed by atoms with Crippen LogP contribution in [0.15, 0.2) is 59.8 Å². The van der Waals surface area contributed by atoms with E-state index in [0.29, 0.717) is 35.3 Å². The van der Waals surface area contributed by atoms with Crippen molar-refractivity contribution in [1.82, 2.24) is 0 Å². The summed E-state index contributed by atoms with van der Waals surface area (Å²) in [6, 6.07) is 17.1. The molecule has 2 aromatic carbocycles. The summed E-state index contributed by atoms with van der Waals surface area (Å²) in [7, 11) is 2.52. The molecule has 1 heterocycles. The van der Waals surface area contributed by atoms with Gasteiger partial charge in [-0.05, 0) is 61.4 Å². The van der Waals surface area contributed by atoms with E-state index in [1.165, 1.54) is 14.2 Å². The van der Waals surface area contributed by atoms with Crippen molar-refractivity contribution in [3.63, 3.8) is 0 Å². The lowest BCUT2D eigenvalue weighted by atomic mass is 9.98. The zero-order valence-electron chi connectivity index (χ0n) is 21.6. The molecule has 2 aromatic rings. The molecule has 0 N–H and O–H groups in total. The average molecular weight is 515 g/mol. The zero-order valence-corrected chi connectivity index (χ0v) is 21.6. The molecule has 38 heavy (non-hydrogen) atoms. The van der Waals surface area contributed by atoms with Gasteiger partial charge in [0.1, 0.15) is 6.29 Å². The first-order chi connectivity index (χ1) is 18.5. The molecule has 0 aliphatic carbocycles. The molecular weight excluding hydrogens is 484 g/mol. The van der Waals surface area contributed by atoms with Gasteiger partial charge in [0.25, 0.3) is 0 Å². The molecule has 0 spiro atoms. The SMILES string of the molecule is COC(=O)C1=C(C(=O)OC)N(c2ccc(C#N)cc2)N(c2ccc(C#N)cc2)C1CCCCCCCC=O. The lowest BCUT2D eigenvalue weighted by Crippen LogP contribution is -2.45. The van der Waals surface area contributed by atoms with Gasteiger partial charge < -0.3 is 14.3 Å². The first kappa shape index (κ1) is 27.9. The van der Waals surface area contributed by atoms with Gasteiger partial charge >= 0.3 is 11.9 Å². The molecule has 0 bridgehead atoms. The van der Waals surface area contributed by atoms with Gasteiger partial charge in [-0.2, -0.15) is 10.5 Å². The highest BCUT2D eigenvalue weighted by atomic mass is 16.5. The van der Waals surface area contributed by atoms with Crippen molar-refractivity contribution in [1.29, 1.82) is 10.5 Å². The third kappa shape index (κ3) is 6.19. The predicted octanol–water partition coefficient (Wildman–Crippen LogP) is 4.57. The fourth-order valence-corrected chi connectivity index (χ4v) is 4.55. The number of hydrogen-bond acceptors (Lipinski definition) is 9. The van der Waals surface area contributed by atoms with Crippen molar-refractivity contribution in [2.24, 2.45) is 0 Å². The summed E-state index contributed by atoms with van der Waals surface area (Å²) in [6.45, 7) is 0. The number of hydrogen-bond donors (Lipinski definition) is 0. The number of anilines is 2. The number of methoxy groups -OCH3 is 2. The van der Waals surface area contributed by atoms with Crippen LogP contribution >= 0.6 is 0 Å². The average Bonchev–Trinajstić information content (AvgIpc) is 3.30. The number of hydrazine groups is 1. The molecule has 0 saturated heterocycles. The van der Waals surface area contributed by atoms with Crippen LogP contribution in [-0.4, -0.2) is 38.5 Å². The van der Waals surface area contributed by atoms with Crippen LogP contribution in [-0.2, 0) is 23.9 Å². The fraction of sp³-hybridized carbons (Fsp3) is 0.345. The second kappa shape index (κ2) is 13.6. The van der Waals surface area contributed by atoms with Crippen LogP contribution in [0.4, 0.5) is 11.4 Å². The summed E-state index contributed by atoms with van der Waals surface area (Å²) in [5.74, 6) is -1.35. The van der Waals surface area contributed by atoms with E-state index < -0.39 is 18.0 Å². The highest BCUT2D eigenvalue weighted by molar-refractivity contribution is 6.07. The van der Waals surface area contributed by atoms with Crippen molar-refractivity contribution in [2.75, 3.05) is 24.2 Å². The Morgan fingerprint density at radius 1 is 0.816 bits per heavy atom. The lowest BCUT2D eigenvalue weighted by Gasteiger charge is -2.37. The van der Waals surface area contributed by atoms with E-state index in [1.807, 2.05) is 5.01 Å². The van der Waals surface area contributed by atoms with E-state index in [1.54, 1.807) is 53.5 Å². The first-order valence-corrected chi connectivity index (χ1v) is 12.4. The molecule has 0 amide bonds. The number of ether oxygens (including phenoxy) is 2. The van der Waals surface area contributed by atoms with Gasteiger partial charge in [0.05, 0.1) is 60.5 Å². The van der Waals surface area contributed by atoms with Gasteiger partial charge in [-0.3, -0.25) is 5.01 Å². The molecule has 1 unspecified atom stereocenters. The molecule has 1 aliphatic heterocycles. The number of carbonyl (C=O) groups is 3.